The Hall–Kier alpha value is -3.73. The van der Waals surface area contributed by atoms with Crippen LogP contribution in [-0.2, 0) is 6.54 Å². The molecule has 4 rings (SSSR count). The Labute approximate surface area is 169 Å². The highest BCUT2D eigenvalue weighted by Crippen LogP contribution is 2.30. The number of para-hydroxylation sites is 1. The number of methoxy groups -OCH3 is 1. The average Bonchev–Trinajstić information content (AvgIpc) is 2.78. The monoisotopic (exact) mass is 383 g/mol. The number of rotatable bonds is 5. The topological polar surface area (TPSA) is 64.1 Å². The van der Waals surface area contributed by atoms with E-state index in [0.717, 1.165) is 39.0 Å². The van der Waals surface area contributed by atoms with Crippen molar-refractivity contribution in [3.8, 4) is 17.0 Å². The molecule has 2 heterocycles. The zero-order valence-corrected chi connectivity index (χ0v) is 16.3. The number of pyridine rings is 2. The van der Waals surface area contributed by atoms with Crippen molar-refractivity contribution in [2.24, 2.45) is 0 Å². The fourth-order valence-corrected chi connectivity index (χ4v) is 3.40. The van der Waals surface area contributed by atoms with Crippen LogP contribution in [0, 0.1) is 6.92 Å². The molecule has 144 valence electrons. The van der Waals surface area contributed by atoms with E-state index in [1.54, 1.807) is 19.5 Å². The quantitative estimate of drug-likeness (QED) is 0.549. The second kappa shape index (κ2) is 8.10. The van der Waals surface area contributed by atoms with Crippen LogP contribution >= 0.6 is 0 Å². The predicted octanol–water partition coefficient (Wildman–Crippen LogP) is 4.54. The number of amides is 1. The molecule has 29 heavy (non-hydrogen) atoms. The summed E-state index contributed by atoms with van der Waals surface area (Å²) in [4.78, 5) is 22.0. The minimum absolute atomic E-state index is 0.118. The summed E-state index contributed by atoms with van der Waals surface area (Å²) < 4.78 is 5.25. The molecule has 1 N–H and O–H groups in total. The summed E-state index contributed by atoms with van der Waals surface area (Å²) in [5.41, 5.74) is 5.02. The van der Waals surface area contributed by atoms with Gasteiger partial charge >= 0.3 is 0 Å². The van der Waals surface area contributed by atoms with Gasteiger partial charge in [0.05, 0.1) is 23.9 Å². The fraction of sp³-hybridized carbons (Fsp3) is 0.125. The van der Waals surface area contributed by atoms with E-state index in [1.165, 1.54) is 0 Å². The van der Waals surface area contributed by atoms with Crippen molar-refractivity contribution in [1.82, 2.24) is 15.3 Å². The van der Waals surface area contributed by atoms with Crippen LogP contribution < -0.4 is 10.1 Å². The second-order valence-electron chi connectivity index (χ2n) is 6.74. The average molecular weight is 383 g/mol. The molecule has 4 aromatic rings. The summed E-state index contributed by atoms with van der Waals surface area (Å²) in [6, 6.07) is 19.2. The zero-order valence-electron chi connectivity index (χ0n) is 16.3. The third kappa shape index (κ3) is 3.80. The summed E-state index contributed by atoms with van der Waals surface area (Å²) in [5, 5.41) is 3.87. The molecule has 0 spiro atoms. The molecular formula is C24H21N3O2. The Morgan fingerprint density at radius 1 is 1.00 bits per heavy atom. The maximum absolute atomic E-state index is 13.2. The van der Waals surface area contributed by atoms with Crippen LogP contribution in [0.4, 0.5) is 0 Å². The van der Waals surface area contributed by atoms with Crippen molar-refractivity contribution in [2.45, 2.75) is 13.5 Å². The molecular weight excluding hydrogens is 362 g/mol. The molecule has 2 aromatic carbocycles. The third-order valence-corrected chi connectivity index (χ3v) is 4.93. The van der Waals surface area contributed by atoms with E-state index in [1.807, 2.05) is 67.6 Å². The first-order valence-corrected chi connectivity index (χ1v) is 9.38. The number of hydrogen-bond donors (Lipinski definition) is 1. The van der Waals surface area contributed by atoms with E-state index in [0.29, 0.717) is 12.1 Å². The van der Waals surface area contributed by atoms with Gasteiger partial charge in [-0.1, -0.05) is 18.2 Å². The van der Waals surface area contributed by atoms with Gasteiger partial charge in [0.2, 0.25) is 0 Å². The van der Waals surface area contributed by atoms with E-state index >= 15 is 0 Å². The van der Waals surface area contributed by atoms with E-state index in [4.69, 9.17) is 9.72 Å². The molecule has 0 fully saturated rings. The summed E-state index contributed by atoms with van der Waals surface area (Å²) >= 11 is 0. The molecule has 0 aliphatic rings. The van der Waals surface area contributed by atoms with Gasteiger partial charge in [-0.15, -0.1) is 0 Å². The van der Waals surface area contributed by atoms with Crippen molar-refractivity contribution < 1.29 is 9.53 Å². The molecule has 0 atom stereocenters. The molecule has 5 nitrogen and oxygen atoms in total. The molecule has 2 aromatic heterocycles. The number of ether oxygens (including phenoxy) is 1. The Morgan fingerprint density at radius 3 is 2.45 bits per heavy atom. The molecule has 5 heteroatoms. The number of carbonyl (C=O) groups excluding carboxylic acids is 1. The molecule has 0 saturated heterocycles. The third-order valence-electron chi connectivity index (χ3n) is 4.93. The van der Waals surface area contributed by atoms with Crippen molar-refractivity contribution in [2.75, 3.05) is 7.11 Å². The largest absolute Gasteiger partial charge is 0.497 e. The number of aromatic nitrogens is 2. The maximum atomic E-state index is 13.2. The van der Waals surface area contributed by atoms with Crippen LogP contribution in [0.25, 0.3) is 22.2 Å². The normalized spacial score (nSPS) is 10.7. The number of benzene rings is 2. The second-order valence-corrected chi connectivity index (χ2v) is 6.74. The highest BCUT2D eigenvalue weighted by atomic mass is 16.5. The minimum atomic E-state index is -0.118. The molecule has 0 aliphatic carbocycles. The van der Waals surface area contributed by atoms with Crippen molar-refractivity contribution >= 4 is 16.8 Å². The van der Waals surface area contributed by atoms with Crippen LogP contribution in [-0.4, -0.2) is 23.0 Å². The van der Waals surface area contributed by atoms with E-state index in [9.17, 15) is 4.79 Å². The summed E-state index contributed by atoms with van der Waals surface area (Å²) in [5.74, 6) is 0.662. The number of carbonyl (C=O) groups is 1. The molecule has 0 bridgehead atoms. The highest BCUT2D eigenvalue weighted by Gasteiger charge is 2.18. The molecule has 0 aliphatic heterocycles. The number of nitrogens with one attached hydrogen (secondary N) is 1. The summed E-state index contributed by atoms with van der Waals surface area (Å²) in [6.45, 7) is 2.38. The lowest BCUT2D eigenvalue weighted by Crippen LogP contribution is -2.24. The SMILES string of the molecule is COc1ccc(-c2nc3ccccc3c(C(=O)NCc3ccncc3)c2C)cc1. The fourth-order valence-electron chi connectivity index (χ4n) is 3.40. The zero-order chi connectivity index (χ0) is 20.2. The van der Waals surface area contributed by atoms with Gasteiger partial charge in [0.1, 0.15) is 5.75 Å². The summed E-state index contributed by atoms with van der Waals surface area (Å²) in [7, 11) is 1.64. The Kier molecular flexibility index (Phi) is 5.20. The molecule has 0 unspecified atom stereocenters. The minimum Gasteiger partial charge on any atom is -0.497 e. The lowest BCUT2D eigenvalue weighted by molar-refractivity contribution is 0.0952. The Balaban J connectivity index is 1.77. The Morgan fingerprint density at radius 2 is 1.72 bits per heavy atom. The van der Waals surface area contributed by atoms with Crippen LogP contribution in [0.1, 0.15) is 21.5 Å². The first-order valence-electron chi connectivity index (χ1n) is 9.38. The van der Waals surface area contributed by atoms with Crippen molar-refractivity contribution in [3.05, 3.63) is 89.7 Å². The first kappa shape index (κ1) is 18.6. The Bertz CT molecular complexity index is 1160. The van der Waals surface area contributed by atoms with Gasteiger partial charge < -0.3 is 10.1 Å². The molecule has 1 amide bonds. The lowest BCUT2D eigenvalue weighted by Gasteiger charge is -2.15. The van der Waals surface area contributed by atoms with Crippen LogP contribution in [0.2, 0.25) is 0 Å². The molecule has 0 radical (unpaired) electrons. The van der Waals surface area contributed by atoms with Gasteiger partial charge in [-0.3, -0.25) is 9.78 Å². The highest BCUT2D eigenvalue weighted by molar-refractivity contribution is 6.08. The van der Waals surface area contributed by atoms with Crippen LogP contribution in [0.15, 0.2) is 73.1 Å². The van der Waals surface area contributed by atoms with Gasteiger partial charge in [0.25, 0.3) is 5.91 Å². The van der Waals surface area contributed by atoms with Gasteiger partial charge in [-0.25, -0.2) is 4.98 Å². The lowest BCUT2D eigenvalue weighted by atomic mass is 9.97. The number of fused-ring (bicyclic) bond motifs is 1. The van der Waals surface area contributed by atoms with Crippen LogP contribution in [0.5, 0.6) is 5.75 Å². The van der Waals surface area contributed by atoms with E-state index < -0.39 is 0 Å². The van der Waals surface area contributed by atoms with E-state index in [-0.39, 0.29) is 5.91 Å². The number of nitrogens with zero attached hydrogens (tertiary/aromatic N) is 2. The standard InChI is InChI=1S/C24H21N3O2/c1-16-22(24(28)26-15-17-11-13-25-14-12-17)20-5-3-4-6-21(20)27-23(16)18-7-9-19(29-2)10-8-18/h3-14H,15H2,1-2H3,(H,26,28). The van der Waals surface area contributed by atoms with E-state index in [2.05, 4.69) is 10.3 Å². The molecule has 0 saturated carbocycles. The van der Waals surface area contributed by atoms with Gasteiger partial charge in [0.15, 0.2) is 0 Å². The van der Waals surface area contributed by atoms with Crippen molar-refractivity contribution in [3.63, 3.8) is 0 Å². The van der Waals surface area contributed by atoms with Gasteiger partial charge in [-0.05, 0) is 60.5 Å². The van der Waals surface area contributed by atoms with Gasteiger partial charge in [-0.2, -0.15) is 0 Å². The van der Waals surface area contributed by atoms with Gasteiger partial charge in [0, 0.05) is 29.9 Å². The van der Waals surface area contributed by atoms with Crippen molar-refractivity contribution in [1.29, 1.82) is 0 Å². The predicted molar refractivity (Wildman–Crippen MR) is 114 cm³/mol. The first-order chi connectivity index (χ1) is 14.2. The smallest absolute Gasteiger partial charge is 0.252 e. The summed E-state index contributed by atoms with van der Waals surface area (Å²) in [6.07, 6.45) is 3.44. The number of hydrogen-bond acceptors (Lipinski definition) is 4. The maximum Gasteiger partial charge on any atom is 0.252 e. The van der Waals surface area contributed by atoms with Crippen LogP contribution in [0.3, 0.4) is 0 Å².